The predicted molar refractivity (Wildman–Crippen MR) is 89.0 cm³/mol. The van der Waals surface area contributed by atoms with Crippen LogP contribution < -0.4 is 9.88 Å². The molecule has 2 N–H and O–H groups in total. The fourth-order valence-electron chi connectivity index (χ4n) is 1.94. The fourth-order valence-corrected chi connectivity index (χ4v) is 3.18. The van der Waals surface area contributed by atoms with Gasteiger partial charge in [-0.25, -0.2) is 9.97 Å². The molecule has 0 spiro atoms. The third-order valence-electron chi connectivity index (χ3n) is 3.04. The van der Waals surface area contributed by atoms with E-state index in [0.29, 0.717) is 24.6 Å². The highest BCUT2D eigenvalue weighted by Crippen LogP contribution is 2.16. The van der Waals surface area contributed by atoms with Crippen molar-refractivity contribution in [2.75, 3.05) is 11.9 Å². The van der Waals surface area contributed by atoms with E-state index in [1.807, 2.05) is 12.4 Å². The van der Waals surface area contributed by atoms with Crippen LogP contribution in [-0.2, 0) is 13.0 Å². The molecule has 0 bridgehead atoms. The zero-order valence-corrected chi connectivity index (χ0v) is 14.7. The van der Waals surface area contributed by atoms with Crippen molar-refractivity contribution in [1.29, 1.82) is 0 Å². The SMILES string of the molecule is Cc1ncc(C[n+]2csc(CCO)c2C)c(NC(=O)I)n1. The standard InChI is InChI=1S/C13H15IN4O2S/c1-8-11(3-4-19)21-7-18(8)6-10-5-15-9(2)16-12(10)17-13(14)20/h5,7,19H,3-4,6H2,1-2H3/p+1. The second kappa shape index (κ2) is 7.23. The summed E-state index contributed by atoms with van der Waals surface area (Å²) in [7, 11) is 0. The van der Waals surface area contributed by atoms with Crippen molar-refractivity contribution in [3.63, 3.8) is 0 Å². The van der Waals surface area contributed by atoms with E-state index in [0.717, 1.165) is 16.1 Å². The minimum atomic E-state index is -0.181. The van der Waals surface area contributed by atoms with Gasteiger partial charge in [0.25, 0.3) is 3.91 Å². The molecule has 2 heterocycles. The molecule has 6 nitrogen and oxygen atoms in total. The third kappa shape index (κ3) is 4.17. The number of nitrogens with one attached hydrogen (secondary N) is 1. The van der Waals surface area contributed by atoms with Gasteiger partial charge in [-0.05, 0) is 6.92 Å². The maximum absolute atomic E-state index is 11.3. The van der Waals surface area contributed by atoms with Gasteiger partial charge in [-0.1, -0.05) is 11.3 Å². The molecule has 1 amide bonds. The molecule has 0 saturated heterocycles. The maximum Gasteiger partial charge on any atom is 0.286 e. The Hall–Kier alpha value is -1.13. The van der Waals surface area contributed by atoms with Gasteiger partial charge in [0.2, 0.25) is 5.51 Å². The molecule has 21 heavy (non-hydrogen) atoms. The van der Waals surface area contributed by atoms with E-state index in [4.69, 9.17) is 5.11 Å². The van der Waals surface area contributed by atoms with Crippen LogP contribution in [0.4, 0.5) is 10.6 Å². The Morgan fingerprint density at radius 3 is 2.95 bits per heavy atom. The van der Waals surface area contributed by atoms with Crippen LogP contribution in [0.2, 0.25) is 0 Å². The number of thiazole rings is 1. The number of aliphatic hydroxyl groups excluding tert-OH is 1. The summed E-state index contributed by atoms with van der Waals surface area (Å²) in [6.07, 6.45) is 2.39. The second-order valence-electron chi connectivity index (χ2n) is 4.52. The van der Waals surface area contributed by atoms with Crippen molar-refractivity contribution in [2.45, 2.75) is 26.8 Å². The lowest BCUT2D eigenvalue weighted by atomic mass is 10.2. The molecule has 0 aliphatic rings. The van der Waals surface area contributed by atoms with Crippen molar-refractivity contribution in [2.24, 2.45) is 0 Å². The van der Waals surface area contributed by atoms with Crippen LogP contribution in [0.15, 0.2) is 11.7 Å². The van der Waals surface area contributed by atoms with Crippen LogP contribution in [0.25, 0.3) is 0 Å². The first kappa shape index (κ1) is 16.2. The van der Waals surface area contributed by atoms with Crippen molar-refractivity contribution >= 4 is 43.7 Å². The molecule has 0 radical (unpaired) electrons. The monoisotopic (exact) mass is 419 g/mol. The van der Waals surface area contributed by atoms with Crippen molar-refractivity contribution < 1.29 is 14.5 Å². The van der Waals surface area contributed by atoms with Gasteiger partial charge in [-0.3, -0.25) is 4.79 Å². The van der Waals surface area contributed by atoms with Crippen LogP contribution in [0, 0.1) is 13.8 Å². The number of nitrogens with zero attached hydrogens (tertiary/aromatic N) is 3. The lowest BCUT2D eigenvalue weighted by Gasteiger charge is -2.06. The van der Waals surface area contributed by atoms with Crippen LogP contribution in [0.3, 0.4) is 0 Å². The number of hydrogen-bond donors (Lipinski definition) is 2. The molecule has 0 fully saturated rings. The fraction of sp³-hybridized carbons (Fsp3) is 0.385. The first-order valence-electron chi connectivity index (χ1n) is 6.37. The number of halogens is 1. The first-order chi connectivity index (χ1) is 10.0. The highest BCUT2D eigenvalue weighted by Gasteiger charge is 2.18. The molecule has 2 rings (SSSR count). The number of carbonyl (C=O) groups excluding carboxylic acids is 1. The van der Waals surface area contributed by atoms with Crippen molar-refractivity contribution in [1.82, 2.24) is 9.97 Å². The number of anilines is 1. The number of carbonyl (C=O) groups is 1. The summed E-state index contributed by atoms with van der Waals surface area (Å²) >= 11 is 3.30. The number of aliphatic hydroxyl groups is 1. The minimum absolute atomic E-state index is 0.144. The maximum atomic E-state index is 11.3. The van der Waals surface area contributed by atoms with E-state index >= 15 is 0 Å². The van der Waals surface area contributed by atoms with Crippen molar-refractivity contribution in [3.05, 3.63) is 33.7 Å². The van der Waals surface area contributed by atoms with Gasteiger partial charge in [0.1, 0.15) is 11.6 Å². The normalized spacial score (nSPS) is 10.7. The van der Waals surface area contributed by atoms with E-state index in [-0.39, 0.29) is 10.5 Å². The van der Waals surface area contributed by atoms with Crippen LogP contribution in [0.1, 0.15) is 22.0 Å². The highest BCUT2D eigenvalue weighted by atomic mass is 127. The molecule has 2 aromatic rings. The lowest BCUT2D eigenvalue weighted by Crippen LogP contribution is -2.35. The van der Waals surface area contributed by atoms with Crippen molar-refractivity contribution in [3.8, 4) is 0 Å². The Balaban J connectivity index is 2.28. The van der Waals surface area contributed by atoms with E-state index in [9.17, 15) is 4.79 Å². The molecule has 0 aromatic carbocycles. The van der Waals surface area contributed by atoms with Crippen LogP contribution in [-0.4, -0.2) is 25.6 Å². The quantitative estimate of drug-likeness (QED) is 0.336. The second-order valence-corrected chi connectivity index (χ2v) is 6.44. The topological polar surface area (TPSA) is 79.0 Å². The summed E-state index contributed by atoms with van der Waals surface area (Å²) in [4.78, 5) is 20.9. The molecule has 0 aliphatic heterocycles. The summed E-state index contributed by atoms with van der Waals surface area (Å²) < 4.78 is 1.90. The third-order valence-corrected chi connectivity index (χ3v) is 4.45. The zero-order valence-electron chi connectivity index (χ0n) is 11.8. The van der Waals surface area contributed by atoms with E-state index < -0.39 is 0 Å². The summed E-state index contributed by atoms with van der Waals surface area (Å²) in [5.41, 5.74) is 3.98. The summed E-state index contributed by atoms with van der Waals surface area (Å²) in [5, 5.41) is 11.8. The van der Waals surface area contributed by atoms with Gasteiger partial charge in [0.05, 0.1) is 10.4 Å². The molecule has 112 valence electrons. The number of aromatic nitrogens is 3. The lowest BCUT2D eigenvalue weighted by molar-refractivity contribution is -0.689. The predicted octanol–water partition coefficient (Wildman–Crippen LogP) is 1.99. The molecule has 0 unspecified atom stereocenters. The number of amides is 1. The molecule has 0 atom stereocenters. The average Bonchev–Trinajstić information content (AvgIpc) is 2.74. The molecule has 0 saturated carbocycles. The van der Waals surface area contributed by atoms with Gasteiger partial charge in [0.15, 0.2) is 12.2 Å². The Kier molecular flexibility index (Phi) is 5.59. The average molecular weight is 419 g/mol. The Bertz CT molecular complexity index is 660. The summed E-state index contributed by atoms with van der Waals surface area (Å²) in [6.45, 7) is 4.54. The number of hydrogen-bond acceptors (Lipinski definition) is 5. The van der Waals surface area contributed by atoms with Gasteiger partial charge >= 0.3 is 0 Å². The Labute approximate surface area is 140 Å². The zero-order chi connectivity index (χ0) is 15.4. The Morgan fingerprint density at radius 1 is 1.52 bits per heavy atom. The first-order valence-corrected chi connectivity index (χ1v) is 8.33. The van der Waals surface area contributed by atoms with E-state index in [1.165, 1.54) is 0 Å². The smallest absolute Gasteiger partial charge is 0.286 e. The summed E-state index contributed by atoms with van der Waals surface area (Å²) in [6, 6.07) is 0. The number of aryl methyl sites for hydroxylation is 1. The molecular weight excluding hydrogens is 403 g/mol. The minimum Gasteiger partial charge on any atom is -0.396 e. The van der Waals surface area contributed by atoms with Gasteiger partial charge in [-0.15, -0.1) is 0 Å². The van der Waals surface area contributed by atoms with Gasteiger partial charge in [-0.2, -0.15) is 4.57 Å². The van der Waals surface area contributed by atoms with Gasteiger partial charge in [0, 0.05) is 48.7 Å². The summed E-state index contributed by atoms with van der Waals surface area (Å²) in [5.74, 6) is 1.16. The molecule has 2 aromatic heterocycles. The Morgan fingerprint density at radius 2 is 2.29 bits per heavy atom. The van der Waals surface area contributed by atoms with Gasteiger partial charge < -0.3 is 10.4 Å². The van der Waals surface area contributed by atoms with E-state index in [2.05, 4.69) is 19.9 Å². The van der Waals surface area contributed by atoms with Crippen LogP contribution in [0.5, 0.6) is 0 Å². The highest BCUT2D eigenvalue weighted by molar-refractivity contribution is 14.1. The van der Waals surface area contributed by atoms with E-state index in [1.54, 1.807) is 47.0 Å². The molecule has 0 aliphatic carbocycles. The number of rotatable bonds is 5. The molecule has 8 heteroatoms. The van der Waals surface area contributed by atoms with Crippen LogP contribution >= 0.6 is 33.9 Å². The largest absolute Gasteiger partial charge is 0.396 e. The molecular formula is C13H16IN4O2S+.